The highest BCUT2D eigenvalue weighted by atomic mass is 35.5. The summed E-state index contributed by atoms with van der Waals surface area (Å²) in [6, 6.07) is 2.56. The summed E-state index contributed by atoms with van der Waals surface area (Å²) in [6.45, 7) is 5.35. The smallest absolute Gasteiger partial charge is 0.411 e. The second kappa shape index (κ2) is 7.92. The number of likely N-dealkylation sites (tertiary alicyclic amines) is 1. The van der Waals surface area contributed by atoms with E-state index >= 15 is 0 Å². The van der Waals surface area contributed by atoms with Gasteiger partial charge in [0.25, 0.3) is 0 Å². The molecule has 6 nitrogen and oxygen atoms in total. The molecule has 2 rings (SSSR count). The minimum atomic E-state index is -0.677. The van der Waals surface area contributed by atoms with Crippen molar-refractivity contribution < 1.29 is 19.1 Å². The number of benzene rings is 1. The first-order valence-corrected chi connectivity index (χ1v) is 9.12. The lowest BCUT2D eigenvalue weighted by molar-refractivity contribution is -0.119. The van der Waals surface area contributed by atoms with E-state index in [0.717, 1.165) is 0 Å². The van der Waals surface area contributed by atoms with Gasteiger partial charge in [-0.3, -0.25) is 9.69 Å². The topological polar surface area (TPSA) is 81.9 Å². The van der Waals surface area contributed by atoms with Gasteiger partial charge < -0.3 is 15.2 Å². The number of rotatable bonds is 4. The normalized spacial score (nSPS) is 20.2. The van der Waals surface area contributed by atoms with Gasteiger partial charge in [0.05, 0.1) is 23.2 Å². The Morgan fingerprint density at radius 2 is 1.92 bits per heavy atom. The van der Waals surface area contributed by atoms with Gasteiger partial charge in [0.15, 0.2) is 0 Å². The summed E-state index contributed by atoms with van der Waals surface area (Å²) in [5, 5.41) is 0.689. The Labute approximate surface area is 163 Å². The van der Waals surface area contributed by atoms with Gasteiger partial charge in [-0.05, 0) is 45.7 Å². The lowest BCUT2D eigenvalue weighted by Gasteiger charge is -2.33. The van der Waals surface area contributed by atoms with E-state index in [1.807, 2.05) is 0 Å². The van der Waals surface area contributed by atoms with E-state index < -0.39 is 23.6 Å². The van der Waals surface area contributed by atoms with E-state index in [4.69, 9.17) is 38.4 Å². The highest BCUT2D eigenvalue weighted by molar-refractivity contribution is 6.42. The Bertz CT molecular complexity index is 703. The Morgan fingerprint density at radius 3 is 2.46 bits per heavy atom. The molecule has 0 radical (unpaired) electrons. The molecule has 8 heteroatoms. The maximum absolute atomic E-state index is 12.9. The second-order valence-electron chi connectivity index (χ2n) is 7.28. The fraction of sp³-hybridized carbons (Fsp3) is 0.556. The lowest BCUT2D eigenvalue weighted by Crippen LogP contribution is -2.42. The van der Waals surface area contributed by atoms with Crippen molar-refractivity contribution in [2.24, 2.45) is 5.73 Å². The zero-order chi connectivity index (χ0) is 19.6. The molecule has 0 aliphatic carbocycles. The Hall–Kier alpha value is -1.66. The number of carbonyl (C=O) groups excluding carboxylic acids is 2. The fourth-order valence-corrected chi connectivity index (χ4v) is 3.67. The van der Waals surface area contributed by atoms with E-state index in [1.165, 1.54) is 12.0 Å². The predicted octanol–water partition coefficient (Wildman–Crippen LogP) is 4.32. The molecule has 2 N–H and O–H groups in total. The minimum Gasteiger partial charge on any atom is -0.496 e. The van der Waals surface area contributed by atoms with Crippen molar-refractivity contribution in [3.63, 3.8) is 0 Å². The summed E-state index contributed by atoms with van der Waals surface area (Å²) in [7, 11) is 1.52. The summed E-state index contributed by atoms with van der Waals surface area (Å²) in [5.41, 5.74) is 5.30. The average molecular weight is 403 g/mol. The number of hydrogen-bond donors (Lipinski definition) is 1. The van der Waals surface area contributed by atoms with Crippen molar-refractivity contribution in [3.05, 3.63) is 27.7 Å². The molecule has 1 fully saturated rings. The van der Waals surface area contributed by atoms with Crippen LogP contribution in [0.3, 0.4) is 0 Å². The van der Waals surface area contributed by atoms with E-state index in [2.05, 4.69) is 0 Å². The molecule has 1 unspecified atom stereocenters. The van der Waals surface area contributed by atoms with Crippen molar-refractivity contribution in [3.8, 4) is 5.75 Å². The molecule has 0 spiro atoms. The molecule has 0 aromatic heterocycles. The van der Waals surface area contributed by atoms with Crippen LogP contribution in [0, 0.1) is 0 Å². The van der Waals surface area contributed by atoms with Crippen LogP contribution in [0.25, 0.3) is 0 Å². The first-order valence-electron chi connectivity index (χ1n) is 8.36. The van der Waals surface area contributed by atoms with Crippen LogP contribution in [0.4, 0.5) is 4.79 Å². The van der Waals surface area contributed by atoms with E-state index in [1.54, 1.807) is 32.9 Å². The van der Waals surface area contributed by atoms with Gasteiger partial charge in [-0.25, -0.2) is 4.79 Å². The van der Waals surface area contributed by atoms with Crippen LogP contribution in [0.5, 0.6) is 5.75 Å². The number of amides is 2. The third kappa shape index (κ3) is 4.54. The van der Waals surface area contributed by atoms with Crippen LogP contribution in [0.1, 0.15) is 51.6 Å². The zero-order valence-electron chi connectivity index (χ0n) is 15.3. The molecular formula is C18H24Cl2N2O4. The molecule has 2 amide bonds. The number of ether oxygens (including phenoxy) is 2. The van der Waals surface area contributed by atoms with Crippen LogP contribution in [-0.2, 0) is 9.53 Å². The Balaban J connectivity index is 2.48. The molecule has 1 aliphatic heterocycles. The average Bonchev–Trinajstić information content (AvgIpc) is 2.90. The Morgan fingerprint density at radius 1 is 1.27 bits per heavy atom. The second-order valence-corrected chi connectivity index (χ2v) is 8.07. The van der Waals surface area contributed by atoms with Crippen molar-refractivity contribution in [1.29, 1.82) is 0 Å². The molecule has 26 heavy (non-hydrogen) atoms. The summed E-state index contributed by atoms with van der Waals surface area (Å²) in [6.07, 6.45) is 0.715. The van der Waals surface area contributed by atoms with Gasteiger partial charge in [-0.1, -0.05) is 23.2 Å². The van der Waals surface area contributed by atoms with Crippen molar-refractivity contribution in [2.75, 3.05) is 7.11 Å². The number of halogens is 2. The molecule has 1 heterocycles. The molecule has 1 aromatic carbocycles. The minimum absolute atomic E-state index is 0.0518. The third-order valence-corrected chi connectivity index (χ3v) is 5.01. The first kappa shape index (κ1) is 20.6. The number of nitrogens with zero attached hydrogens (tertiary/aromatic N) is 1. The highest BCUT2D eigenvalue weighted by Gasteiger charge is 2.42. The molecule has 2 atom stereocenters. The maximum atomic E-state index is 12.9. The number of hydrogen-bond acceptors (Lipinski definition) is 4. The van der Waals surface area contributed by atoms with Crippen LogP contribution in [-0.4, -0.2) is 35.7 Å². The molecular weight excluding hydrogens is 379 g/mol. The van der Waals surface area contributed by atoms with Crippen molar-refractivity contribution in [1.82, 2.24) is 4.90 Å². The molecule has 1 aromatic rings. The van der Waals surface area contributed by atoms with E-state index in [9.17, 15) is 9.59 Å². The summed E-state index contributed by atoms with van der Waals surface area (Å²) in [5.74, 6) is 0.0473. The fourth-order valence-electron chi connectivity index (χ4n) is 3.23. The van der Waals surface area contributed by atoms with Gasteiger partial charge in [-0.2, -0.15) is 0 Å². The molecule has 0 saturated carbocycles. The van der Waals surface area contributed by atoms with Crippen LogP contribution in [0.2, 0.25) is 10.0 Å². The maximum Gasteiger partial charge on any atom is 0.411 e. The van der Waals surface area contributed by atoms with E-state index in [0.29, 0.717) is 34.2 Å². The van der Waals surface area contributed by atoms with E-state index in [-0.39, 0.29) is 12.5 Å². The van der Waals surface area contributed by atoms with Crippen molar-refractivity contribution >= 4 is 35.2 Å². The van der Waals surface area contributed by atoms with Gasteiger partial charge in [0.1, 0.15) is 11.4 Å². The zero-order valence-corrected chi connectivity index (χ0v) is 16.9. The molecule has 1 aliphatic rings. The third-order valence-electron chi connectivity index (χ3n) is 4.19. The molecule has 144 valence electrons. The van der Waals surface area contributed by atoms with Crippen LogP contribution >= 0.6 is 23.2 Å². The van der Waals surface area contributed by atoms with Crippen LogP contribution < -0.4 is 10.5 Å². The van der Waals surface area contributed by atoms with Crippen LogP contribution in [0.15, 0.2) is 12.1 Å². The monoisotopic (exact) mass is 402 g/mol. The van der Waals surface area contributed by atoms with Gasteiger partial charge >= 0.3 is 6.09 Å². The standard InChI is InChI=1S/C18H24Cl2N2O4/c1-18(2,3)26-17(24)22-10(9-14(21)23)5-7-12(22)15-13(25-4)8-6-11(19)16(15)20/h6,8,10,12H,5,7,9H2,1-4H3,(H2,21,23)/t10-,12?/m1/s1. The lowest BCUT2D eigenvalue weighted by atomic mass is 10.0. The molecule has 1 saturated heterocycles. The SMILES string of the molecule is COc1ccc(Cl)c(Cl)c1C1CC[C@H](CC(N)=O)N1C(=O)OC(C)(C)C. The predicted molar refractivity (Wildman–Crippen MR) is 101 cm³/mol. The first-order chi connectivity index (χ1) is 12.0. The summed E-state index contributed by atoms with van der Waals surface area (Å²) >= 11 is 12.6. The Kier molecular flexibility index (Phi) is 6.29. The number of methoxy groups -OCH3 is 1. The number of carbonyl (C=O) groups is 2. The largest absolute Gasteiger partial charge is 0.496 e. The van der Waals surface area contributed by atoms with Gasteiger partial charge in [0.2, 0.25) is 5.91 Å². The van der Waals surface area contributed by atoms with Gasteiger partial charge in [-0.15, -0.1) is 0 Å². The quantitative estimate of drug-likeness (QED) is 0.812. The molecule has 0 bridgehead atoms. The summed E-state index contributed by atoms with van der Waals surface area (Å²) in [4.78, 5) is 25.9. The number of primary amides is 1. The van der Waals surface area contributed by atoms with Crippen molar-refractivity contribution in [2.45, 2.75) is 57.7 Å². The summed E-state index contributed by atoms with van der Waals surface area (Å²) < 4.78 is 11.0. The number of nitrogens with two attached hydrogens (primary N) is 1. The van der Waals surface area contributed by atoms with Gasteiger partial charge in [0, 0.05) is 18.0 Å². The highest BCUT2D eigenvalue weighted by Crippen LogP contribution is 2.46.